The summed E-state index contributed by atoms with van der Waals surface area (Å²) in [5.41, 5.74) is 3.45. The van der Waals surface area contributed by atoms with E-state index in [1.165, 1.54) is 11.1 Å². The number of aryl methyl sites for hydroxylation is 1. The number of hydrogen-bond acceptors (Lipinski definition) is 3. The third kappa shape index (κ3) is 3.75. The molecule has 4 nitrogen and oxygen atoms in total. The second-order valence-electron chi connectivity index (χ2n) is 7.17. The zero-order chi connectivity index (χ0) is 17.2. The van der Waals surface area contributed by atoms with Gasteiger partial charge in [0.25, 0.3) is 0 Å². The van der Waals surface area contributed by atoms with E-state index in [4.69, 9.17) is 4.74 Å². The molecule has 2 aromatic rings. The molecule has 25 heavy (non-hydrogen) atoms. The Hall–Kier alpha value is -2.17. The first kappa shape index (κ1) is 16.3. The lowest BCUT2D eigenvalue weighted by atomic mass is 9.99. The average molecular weight is 336 g/mol. The average Bonchev–Trinajstić information content (AvgIpc) is 2.92. The number of carbonyl (C=O) groups is 1. The van der Waals surface area contributed by atoms with Crippen molar-refractivity contribution in [1.82, 2.24) is 4.90 Å². The molecule has 0 saturated carbocycles. The number of morpholine rings is 1. The van der Waals surface area contributed by atoms with E-state index >= 15 is 0 Å². The van der Waals surface area contributed by atoms with Gasteiger partial charge in [0.2, 0.25) is 5.91 Å². The van der Waals surface area contributed by atoms with Crippen molar-refractivity contribution in [2.45, 2.75) is 32.1 Å². The van der Waals surface area contributed by atoms with Gasteiger partial charge in [0, 0.05) is 25.3 Å². The number of nitrogens with one attached hydrogen (secondary N) is 1. The van der Waals surface area contributed by atoms with Crippen LogP contribution in [0.1, 0.15) is 17.5 Å². The topological polar surface area (TPSA) is 41.6 Å². The van der Waals surface area contributed by atoms with E-state index in [1.54, 1.807) is 0 Å². The van der Waals surface area contributed by atoms with Crippen LogP contribution in [0.5, 0.6) is 0 Å². The van der Waals surface area contributed by atoms with Gasteiger partial charge in [-0.2, -0.15) is 0 Å². The van der Waals surface area contributed by atoms with Crippen LogP contribution in [0.2, 0.25) is 0 Å². The van der Waals surface area contributed by atoms with E-state index in [0.717, 1.165) is 31.7 Å². The number of para-hydroxylation sites is 1. The van der Waals surface area contributed by atoms with Gasteiger partial charge in [-0.25, -0.2) is 0 Å². The number of nitrogens with zero attached hydrogens (tertiary/aromatic N) is 1. The molecule has 3 atom stereocenters. The number of anilines is 1. The molecule has 4 heteroatoms. The molecule has 4 rings (SSSR count). The second-order valence-corrected chi connectivity index (χ2v) is 7.17. The standard InChI is InChI=1S/C21H24N2O2/c1-15-7-9-16(10-8-15)12-23-13-18-11-19(20(14-23)25-18)21(24)22-17-5-3-2-4-6-17/h2-10,18-20H,11-14H2,1H3,(H,22,24)/t18-,19+,20-/m0/s1. The monoisotopic (exact) mass is 336 g/mol. The maximum absolute atomic E-state index is 12.7. The highest BCUT2D eigenvalue weighted by Gasteiger charge is 2.44. The third-order valence-corrected chi connectivity index (χ3v) is 5.14. The van der Waals surface area contributed by atoms with Gasteiger partial charge in [-0.1, -0.05) is 48.0 Å². The molecule has 0 spiro atoms. The fourth-order valence-electron chi connectivity index (χ4n) is 3.85. The van der Waals surface area contributed by atoms with E-state index in [0.29, 0.717) is 0 Å². The molecule has 0 radical (unpaired) electrons. The molecule has 130 valence electrons. The Morgan fingerprint density at radius 3 is 2.64 bits per heavy atom. The molecule has 0 aromatic heterocycles. The lowest BCUT2D eigenvalue weighted by molar-refractivity contribution is -0.123. The van der Waals surface area contributed by atoms with Gasteiger partial charge in [0.15, 0.2) is 0 Å². The zero-order valence-electron chi connectivity index (χ0n) is 14.5. The summed E-state index contributed by atoms with van der Waals surface area (Å²) in [7, 11) is 0. The van der Waals surface area contributed by atoms with Crippen LogP contribution in [-0.4, -0.2) is 36.1 Å². The highest BCUT2D eigenvalue weighted by Crippen LogP contribution is 2.33. The molecule has 2 aliphatic heterocycles. The van der Waals surface area contributed by atoms with Crippen molar-refractivity contribution in [2.24, 2.45) is 5.92 Å². The molecule has 1 amide bonds. The summed E-state index contributed by atoms with van der Waals surface area (Å²) >= 11 is 0. The highest BCUT2D eigenvalue weighted by atomic mass is 16.5. The molecule has 2 saturated heterocycles. The van der Waals surface area contributed by atoms with E-state index in [2.05, 4.69) is 41.4 Å². The number of amides is 1. The minimum atomic E-state index is -0.0618. The first-order valence-electron chi connectivity index (χ1n) is 8.96. The Kier molecular flexibility index (Phi) is 4.55. The van der Waals surface area contributed by atoms with Gasteiger partial charge in [-0.3, -0.25) is 9.69 Å². The first-order chi connectivity index (χ1) is 12.2. The van der Waals surface area contributed by atoms with Gasteiger partial charge >= 0.3 is 0 Å². The molecule has 2 aromatic carbocycles. The highest BCUT2D eigenvalue weighted by molar-refractivity contribution is 5.93. The normalized spacial score (nSPS) is 25.7. The van der Waals surface area contributed by atoms with Gasteiger partial charge in [-0.15, -0.1) is 0 Å². The number of hydrogen-bond donors (Lipinski definition) is 1. The molecule has 0 unspecified atom stereocenters. The molecular formula is C21H24N2O2. The summed E-state index contributed by atoms with van der Waals surface area (Å²) < 4.78 is 6.05. The Morgan fingerprint density at radius 1 is 1.12 bits per heavy atom. The van der Waals surface area contributed by atoms with Crippen LogP contribution in [0.25, 0.3) is 0 Å². The van der Waals surface area contributed by atoms with Gasteiger partial charge in [0.1, 0.15) is 0 Å². The minimum Gasteiger partial charge on any atom is -0.371 e. The summed E-state index contributed by atoms with van der Waals surface area (Å²) in [5, 5.41) is 3.03. The number of likely N-dealkylation sites (tertiary alicyclic amines) is 1. The summed E-state index contributed by atoms with van der Waals surface area (Å²) in [6.45, 7) is 4.75. The molecule has 2 bridgehead atoms. The SMILES string of the molecule is Cc1ccc(CN2C[C@@H]3C[C@@H](C(=O)Nc4ccccc4)[C@H](C2)O3)cc1. The van der Waals surface area contributed by atoms with Crippen molar-refractivity contribution >= 4 is 11.6 Å². The molecule has 0 aliphatic carbocycles. The summed E-state index contributed by atoms with van der Waals surface area (Å²) in [5.74, 6) is 0.0177. The maximum atomic E-state index is 12.7. The van der Waals surface area contributed by atoms with Crippen LogP contribution in [0.3, 0.4) is 0 Å². The van der Waals surface area contributed by atoms with Crippen molar-refractivity contribution in [1.29, 1.82) is 0 Å². The number of rotatable bonds is 4. The number of ether oxygens (including phenoxy) is 1. The van der Waals surface area contributed by atoms with Gasteiger partial charge < -0.3 is 10.1 Å². The Labute approximate surface area is 148 Å². The number of carbonyl (C=O) groups excluding carboxylic acids is 1. The number of benzene rings is 2. The van der Waals surface area contributed by atoms with Crippen LogP contribution in [0.15, 0.2) is 54.6 Å². The Balaban J connectivity index is 1.38. The predicted octanol–water partition coefficient (Wildman–Crippen LogP) is 3.22. The van der Waals surface area contributed by atoms with Crippen molar-refractivity contribution in [3.05, 3.63) is 65.7 Å². The van der Waals surface area contributed by atoms with Crippen molar-refractivity contribution in [3.63, 3.8) is 0 Å². The summed E-state index contributed by atoms with van der Waals surface area (Å²) in [6.07, 6.45) is 0.969. The van der Waals surface area contributed by atoms with E-state index in [-0.39, 0.29) is 24.0 Å². The van der Waals surface area contributed by atoms with Gasteiger partial charge in [0.05, 0.1) is 18.1 Å². The lowest BCUT2D eigenvalue weighted by Gasteiger charge is -2.32. The number of fused-ring (bicyclic) bond motifs is 2. The van der Waals surface area contributed by atoms with Crippen molar-refractivity contribution < 1.29 is 9.53 Å². The van der Waals surface area contributed by atoms with E-state index in [9.17, 15) is 4.79 Å². The van der Waals surface area contributed by atoms with E-state index in [1.807, 2.05) is 30.3 Å². The molecule has 1 N–H and O–H groups in total. The Bertz CT molecular complexity index is 729. The zero-order valence-corrected chi connectivity index (χ0v) is 14.5. The fourth-order valence-corrected chi connectivity index (χ4v) is 3.85. The van der Waals surface area contributed by atoms with E-state index < -0.39 is 0 Å². The van der Waals surface area contributed by atoms with Crippen LogP contribution in [0, 0.1) is 12.8 Å². The van der Waals surface area contributed by atoms with Crippen LogP contribution in [-0.2, 0) is 16.1 Å². The van der Waals surface area contributed by atoms with Gasteiger partial charge in [-0.05, 0) is 31.0 Å². The maximum Gasteiger partial charge on any atom is 0.230 e. The lowest BCUT2D eigenvalue weighted by Crippen LogP contribution is -2.44. The smallest absolute Gasteiger partial charge is 0.230 e. The quantitative estimate of drug-likeness (QED) is 0.932. The van der Waals surface area contributed by atoms with Crippen molar-refractivity contribution in [3.8, 4) is 0 Å². The van der Waals surface area contributed by atoms with Crippen molar-refractivity contribution in [2.75, 3.05) is 18.4 Å². The predicted molar refractivity (Wildman–Crippen MR) is 98.3 cm³/mol. The molecule has 2 fully saturated rings. The Morgan fingerprint density at radius 2 is 1.88 bits per heavy atom. The summed E-state index contributed by atoms with van der Waals surface area (Å²) in [6, 6.07) is 18.3. The molecule has 2 aliphatic rings. The van der Waals surface area contributed by atoms with Crippen LogP contribution >= 0.6 is 0 Å². The second kappa shape index (κ2) is 6.98. The minimum absolute atomic E-state index is 0.00656. The molecular weight excluding hydrogens is 312 g/mol. The largest absolute Gasteiger partial charge is 0.371 e. The molecule has 2 heterocycles. The summed E-state index contributed by atoms with van der Waals surface area (Å²) in [4.78, 5) is 15.1. The fraction of sp³-hybridized carbons (Fsp3) is 0.381. The third-order valence-electron chi connectivity index (χ3n) is 5.14. The first-order valence-corrected chi connectivity index (χ1v) is 8.96. The van der Waals surface area contributed by atoms with Crippen LogP contribution in [0.4, 0.5) is 5.69 Å². The van der Waals surface area contributed by atoms with Crippen LogP contribution < -0.4 is 5.32 Å².